The molecule has 2 atom stereocenters. The average Bonchev–Trinajstić information content (AvgIpc) is 3.39. The highest BCUT2D eigenvalue weighted by atomic mass is 16.3. The van der Waals surface area contributed by atoms with E-state index in [-0.39, 0.29) is 5.75 Å². The first-order valence-corrected chi connectivity index (χ1v) is 12.1. The lowest BCUT2D eigenvalue weighted by molar-refractivity contribution is 0.0761. The molecule has 0 aliphatic carbocycles. The first kappa shape index (κ1) is 20.2. The van der Waals surface area contributed by atoms with Crippen LogP contribution in [0.2, 0.25) is 0 Å². The molecule has 2 aromatic rings. The Labute approximate surface area is 189 Å². The number of hydrogen-bond acceptors (Lipinski definition) is 8. The van der Waals surface area contributed by atoms with E-state index in [1.54, 1.807) is 6.07 Å². The minimum atomic E-state index is 0.242. The molecule has 0 radical (unpaired) electrons. The maximum absolute atomic E-state index is 10.3. The van der Waals surface area contributed by atoms with Gasteiger partial charge in [-0.15, -0.1) is 10.2 Å². The van der Waals surface area contributed by atoms with Crippen LogP contribution in [0.25, 0.3) is 11.3 Å². The number of fused-ring (bicyclic) bond motifs is 3. The number of piperazine rings is 1. The first-order chi connectivity index (χ1) is 15.8. The summed E-state index contributed by atoms with van der Waals surface area (Å²) in [5.74, 6) is 1.10. The molecule has 0 saturated carbocycles. The summed E-state index contributed by atoms with van der Waals surface area (Å²) in [6.07, 6.45) is 3.88. The molecule has 0 spiro atoms. The van der Waals surface area contributed by atoms with Crippen molar-refractivity contribution in [3.63, 3.8) is 0 Å². The van der Waals surface area contributed by atoms with Crippen LogP contribution in [-0.4, -0.2) is 95.6 Å². The Bertz CT molecular complexity index is 955. The monoisotopic (exact) mass is 435 g/mol. The quantitative estimate of drug-likeness (QED) is 0.671. The van der Waals surface area contributed by atoms with Gasteiger partial charge in [-0.05, 0) is 57.1 Å². The van der Waals surface area contributed by atoms with Crippen LogP contribution in [0.4, 0.5) is 11.5 Å². The third-order valence-electron chi connectivity index (χ3n) is 7.85. The number of piperidine rings is 1. The molecule has 4 aliphatic heterocycles. The van der Waals surface area contributed by atoms with Crippen molar-refractivity contribution in [2.75, 3.05) is 62.6 Å². The van der Waals surface area contributed by atoms with Crippen molar-refractivity contribution >= 4 is 11.5 Å². The lowest BCUT2D eigenvalue weighted by Gasteiger charge is -2.49. The van der Waals surface area contributed by atoms with Crippen LogP contribution in [0, 0.1) is 0 Å². The van der Waals surface area contributed by atoms with Crippen LogP contribution >= 0.6 is 0 Å². The molecule has 170 valence electrons. The lowest BCUT2D eigenvalue weighted by Crippen LogP contribution is -2.61. The van der Waals surface area contributed by atoms with Crippen molar-refractivity contribution in [3.05, 3.63) is 30.3 Å². The van der Waals surface area contributed by atoms with Gasteiger partial charge in [-0.2, -0.15) is 0 Å². The molecule has 2 unspecified atom stereocenters. The summed E-state index contributed by atoms with van der Waals surface area (Å²) >= 11 is 0. The van der Waals surface area contributed by atoms with Crippen LogP contribution in [0.15, 0.2) is 30.3 Å². The molecule has 6 rings (SSSR count). The average molecular weight is 436 g/mol. The van der Waals surface area contributed by atoms with Crippen LogP contribution in [0.5, 0.6) is 5.75 Å². The van der Waals surface area contributed by atoms with E-state index < -0.39 is 0 Å². The van der Waals surface area contributed by atoms with Crippen molar-refractivity contribution in [1.29, 1.82) is 0 Å². The molecule has 0 bridgehead atoms. The Morgan fingerprint density at radius 3 is 2.56 bits per heavy atom. The molecule has 8 heteroatoms. The minimum Gasteiger partial charge on any atom is -0.507 e. The van der Waals surface area contributed by atoms with Gasteiger partial charge in [0.1, 0.15) is 5.75 Å². The molecule has 5 heterocycles. The second kappa shape index (κ2) is 8.50. The number of para-hydroxylation sites is 1. The number of rotatable bonds is 3. The number of aromatic nitrogens is 2. The standard InChI is InChI=1S/C24H33N7O/c32-23-4-2-1-3-20(23)21-13-22-24(28-27-21)26-15-19-16-30(11-12-31(19)22)17-6-9-29(10-7-17)18-5-8-25-14-18/h1-4,13,17-19,25,32H,5-12,14-16H2,(H,26,28). The Kier molecular flexibility index (Phi) is 5.37. The Hall–Kier alpha value is -2.42. The molecule has 3 saturated heterocycles. The first-order valence-electron chi connectivity index (χ1n) is 12.1. The number of hydrogen-bond donors (Lipinski definition) is 3. The number of nitrogens with zero attached hydrogens (tertiary/aromatic N) is 5. The topological polar surface area (TPSA) is 79.8 Å². The van der Waals surface area contributed by atoms with Crippen LogP contribution < -0.4 is 15.5 Å². The lowest BCUT2D eigenvalue weighted by atomic mass is 9.98. The van der Waals surface area contributed by atoms with Crippen molar-refractivity contribution in [2.24, 2.45) is 0 Å². The third kappa shape index (κ3) is 3.70. The number of likely N-dealkylation sites (tertiary alicyclic amines) is 1. The Balaban J connectivity index is 1.14. The van der Waals surface area contributed by atoms with E-state index in [0.29, 0.717) is 12.1 Å². The van der Waals surface area contributed by atoms with Gasteiger partial charge in [0.25, 0.3) is 0 Å². The maximum Gasteiger partial charge on any atom is 0.172 e. The normalized spacial score (nSPS) is 27.1. The van der Waals surface area contributed by atoms with Gasteiger partial charge in [-0.1, -0.05) is 12.1 Å². The zero-order valence-corrected chi connectivity index (χ0v) is 18.6. The molecule has 0 amide bonds. The zero-order valence-electron chi connectivity index (χ0n) is 18.6. The summed E-state index contributed by atoms with van der Waals surface area (Å²) < 4.78 is 0. The predicted molar refractivity (Wildman–Crippen MR) is 126 cm³/mol. The van der Waals surface area contributed by atoms with Gasteiger partial charge in [0, 0.05) is 50.4 Å². The van der Waals surface area contributed by atoms with Crippen LogP contribution in [0.3, 0.4) is 0 Å². The van der Waals surface area contributed by atoms with E-state index in [9.17, 15) is 5.11 Å². The van der Waals surface area contributed by atoms with Gasteiger partial charge in [-0.25, -0.2) is 0 Å². The third-order valence-corrected chi connectivity index (χ3v) is 7.85. The number of nitrogens with one attached hydrogen (secondary N) is 2. The molecule has 8 nitrogen and oxygen atoms in total. The van der Waals surface area contributed by atoms with E-state index in [0.717, 1.165) is 55.0 Å². The van der Waals surface area contributed by atoms with E-state index in [2.05, 4.69) is 41.6 Å². The predicted octanol–water partition coefficient (Wildman–Crippen LogP) is 1.59. The minimum absolute atomic E-state index is 0.242. The summed E-state index contributed by atoms with van der Waals surface area (Å²) in [5.41, 5.74) is 2.56. The fraction of sp³-hybridized carbons (Fsp3) is 0.583. The van der Waals surface area contributed by atoms with Crippen LogP contribution in [-0.2, 0) is 0 Å². The fourth-order valence-corrected chi connectivity index (χ4v) is 6.03. The Morgan fingerprint density at radius 2 is 1.75 bits per heavy atom. The molecular formula is C24H33N7O. The highest BCUT2D eigenvalue weighted by Gasteiger charge is 2.37. The van der Waals surface area contributed by atoms with Gasteiger partial charge in [0.15, 0.2) is 5.82 Å². The maximum atomic E-state index is 10.3. The number of aromatic hydroxyl groups is 1. The largest absolute Gasteiger partial charge is 0.507 e. The molecule has 1 aromatic carbocycles. The number of phenols is 1. The SMILES string of the molecule is Oc1ccccc1-c1cc2c(nn1)NCC1CN(C3CCN(C4CCNC4)CC3)CCN21. The summed E-state index contributed by atoms with van der Waals surface area (Å²) in [5, 5.41) is 26.1. The van der Waals surface area contributed by atoms with E-state index in [1.807, 2.05) is 18.2 Å². The van der Waals surface area contributed by atoms with Gasteiger partial charge >= 0.3 is 0 Å². The summed E-state index contributed by atoms with van der Waals surface area (Å²) in [6.45, 7) is 8.93. The van der Waals surface area contributed by atoms with Crippen molar-refractivity contribution in [1.82, 2.24) is 25.3 Å². The van der Waals surface area contributed by atoms with Gasteiger partial charge in [0.05, 0.1) is 17.4 Å². The smallest absolute Gasteiger partial charge is 0.172 e. The molecule has 3 N–H and O–H groups in total. The van der Waals surface area contributed by atoms with Gasteiger partial charge < -0.3 is 20.6 Å². The number of anilines is 2. The highest BCUT2D eigenvalue weighted by molar-refractivity contribution is 5.76. The van der Waals surface area contributed by atoms with E-state index in [1.165, 1.54) is 45.4 Å². The summed E-state index contributed by atoms with van der Waals surface area (Å²) in [4.78, 5) is 7.95. The second-order valence-electron chi connectivity index (χ2n) is 9.62. The van der Waals surface area contributed by atoms with E-state index in [4.69, 9.17) is 0 Å². The number of benzene rings is 1. The molecular weight excluding hydrogens is 402 g/mol. The van der Waals surface area contributed by atoms with Crippen molar-refractivity contribution in [2.45, 2.75) is 37.4 Å². The summed E-state index contributed by atoms with van der Waals surface area (Å²) in [6, 6.07) is 11.3. The highest BCUT2D eigenvalue weighted by Crippen LogP contribution is 2.36. The van der Waals surface area contributed by atoms with Gasteiger partial charge in [-0.3, -0.25) is 9.80 Å². The second-order valence-corrected chi connectivity index (χ2v) is 9.62. The van der Waals surface area contributed by atoms with E-state index >= 15 is 0 Å². The van der Waals surface area contributed by atoms with Crippen molar-refractivity contribution < 1.29 is 5.11 Å². The fourth-order valence-electron chi connectivity index (χ4n) is 6.03. The molecule has 4 aliphatic rings. The van der Waals surface area contributed by atoms with Crippen molar-refractivity contribution in [3.8, 4) is 17.0 Å². The van der Waals surface area contributed by atoms with Gasteiger partial charge in [0.2, 0.25) is 0 Å². The van der Waals surface area contributed by atoms with Crippen LogP contribution in [0.1, 0.15) is 19.3 Å². The summed E-state index contributed by atoms with van der Waals surface area (Å²) in [7, 11) is 0. The number of phenolic OH excluding ortho intramolecular Hbond substituents is 1. The molecule has 3 fully saturated rings. The molecule has 1 aromatic heterocycles. The Morgan fingerprint density at radius 1 is 0.875 bits per heavy atom. The molecule has 32 heavy (non-hydrogen) atoms. The zero-order chi connectivity index (χ0) is 21.5.